The van der Waals surface area contributed by atoms with E-state index < -0.39 is 23.3 Å². The molecule has 2 aromatic carbocycles. The van der Waals surface area contributed by atoms with Crippen molar-refractivity contribution in [3.05, 3.63) is 52.6 Å². The van der Waals surface area contributed by atoms with Crippen LogP contribution >= 0.6 is 11.6 Å². The van der Waals surface area contributed by atoms with Gasteiger partial charge in [-0.25, -0.2) is 13.2 Å². The molecule has 1 nitrogen and oxygen atoms in total. The van der Waals surface area contributed by atoms with Crippen LogP contribution in [0.1, 0.15) is 114 Å². The molecule has 0 aliphatic heterocycles. The largest absolute Gasteiger partial charge is 0.489 e. The molecule has 2 atom stereocenters. The van der Waals surface area contributed by atoms with Gasteiger partial charge in [0.25, 0.3) is 0 Å². The van der Waals surface area contributed by atoms with Crippen LogP contribution in [-0.2, 0) is 12.8 Å². The highest BCUT2D eigenvalue weighted by Gasteiger charge is 2.28. The van der Waals surface area contributed by atoms with Gasteiger partial charge in [0.05, 0.1) is 5.38 Å². The van der Waals surface area contributed by atoms with Crippen molar-refractivity contribution in [3.63, 3.8) is 0 Å². The molecule has 0 saturated heterocycles. The minimum absolute atomic E-state index is 0.0423. The normalized spacial score (nSPS) is 17.6. The van der Waals surface area contributed by atoms with E-state index in [0.29, 0.717) is 36.3 Å². The first-order valence-corrected chi connectivity index (χ1v) is 16.1. The van der Waals surface area contributed by atoms with E-state index in [0.717, 1.165) is 38.0 Å². The van der Waals surface area contributed by atoms with Crippen LogP contribution in [0.3, 0.4) is 0 Å². The Labute approximate surface area is 243 Å². The maximum absolute atomic E-state index is 15.2. The highest BCUT2D eigenvalue weighted by atomic mass is 35.5. The molecule has 40 heavy (non-hydrogen) atoms. The van der Waals surface area contributed by atoms with Gasteiger partial charge in [0.15, 0.2) is 23.2 Å². The van der Waals surface area contributed by atoms with Crippen LogP contribution in [0.4, 0.5) is 17.6 Å². The summed E-state index contributed by atoms with van der Waals surface area (Å²) in [5.41, 5.74) is 0.548. The molecule has 2 aliphatic carbocycles. The third-order valence-electron chi connectivity index (χ3n) is 8.76. The monoisotopic (exact) mass is 580 g/mol. The number of alkyl halides is 1. The average Bonchev–Trinajstić information content (AvgIpc) is 3.78. The second-order valence-corrected chi connectivity index (χ2v) is 12.7. The van der Waals surface area contributed by atoms with Gasteiger partial charge in [0, 0.05) is 11.1 Å². The number of halogens is 5. The van der Waals surface area contributed by atoms with Gasteiger partial charge >= 0.3 is 0 Å². The first-order valence-electron chi connectivity index (χ1n) is 15.6. The third-order valence-corrected chi connectivity index (χ3v) is 9.11. The Morgan fingerprint density at radius 1 is 0.775 bits per heavy atom. The first kappa shape index (κ1) is 31.2. The molecular formula is C34H45ClF4O. The van der Waals surface area contributed by atoms with Crippen molar-refractivity contribution in [1.82, 2.24) is 0 Å². The Hall–Kier alpha value is -1.75. The van der Waals surface area contributed by atoms with Crippen LogP contribution in [0.15, 0.2) is 18.2 Å². The van der Waals surface area contributed by atoms with Crippen molar-refractivity contribution >= 4 is 11.6 Å². The Kier molecular flexibility index (Phi) is 12.1. The zero-order valence-electron chi connectivity index (χ0n) is 24.0. The SMILES string of the molecule is CCCCC(Cl)COc1ccc(-c2cc3c(c(F)c2F)CC(CCCCCCCCCC2CC2)CC3)c(F)c1F. The van der Waals surface area contributed by atoms with Gasteiger partial charge in [-0.05, 0) is 66.8 Å². The molecule has 0 amide bonds. The van der Waals surface area contributed by atoms with Crippen LogP contribution in [0.5, 0.6) is 5.75 Å². The second-order valence-electron chi connectivity index (χ2n) is 12.1. The van der Waals surface area contributed by atoms with Gasteiger partial charge < -0.3 is 4.74 Å². The lowest BCUT2D eigenvalue weighted by Crippen LogP contribution is -2.17. The number of aryl methyl sites for hydroxylation is 1. The van der Waals surface area contributed by atoms with Crippen molar-refractivity contribution < 1.29 is 22.3 Å². The van der Waals surface area contributed by atoms with Crippen molar-refractivity contribution in [3.8, 4) is 16.9 Å². The Morgan fingerprint density at radius 3 is 2.10 bits per heavy atom. The van der Waals surface area contributed by atoms with Gasteiger partial charge in [0.2, 0.25) is 5.82 Å². The molecule has 0 aromatic heterocycles. The summed E-state index contributed by atoms with van der Waals surface area (Å²) in [5, 5.41) is -0.315. The molecule has 2 aromatic rings. The van der Waals surface area contributed by atoms with Gasteiger partial charge in [-0.2, -0.15) is 4.39 Å². The van der Waals surface area contributed by atoms with Gasteiger partial charge in [-0.15, -0.1) is 11.6 Å². The molecule has 1 fully saturated rings. The molecule has 4 rings (SSSR count). The smallest absolute Gasteiger partial charge is 0.201 e. The summed E-state index contributed by atoms with van der Waals surface area (Å²) in [4.78, 5) is 0. The van der Waals surface area contributed by atoms with Crippen LogP contribution in [0.2, 0.25) is 0 Å². The quantitative estimate of drug-likeness (QED) is 0.103. The van der Waals surface area contributed by atoms with Gasteiger partial charge in [0.1, 0.15) is 6.61 Å². The lowest BCUT2D eigenvalue weighted by Gasteiger charge is -2.26. The fourth-order valence-corrected chi connectivity index (χ4v) is 6.27. The fraction of sp³-hybridized carbons (Fsp3) is 0.647. The molecule has 2 unspecified atom stereocenters. The summed E-state index contributed by atoms with van der Waals surface area (Å²) in [6, 6.07) is 4.02. The molecule has 0 radical (unpaired) electrons. The van der Waals surface area contributed by atoms with Crippen molar-refractivity contribution in [1.29, 1.82) is 0 Å². The Balaban J connectivity index is 1.30. The molecule has 6 heteroatoms. The molecule has 0 N–H and O–H groups in total. The van der Waals surface area contributed by atoms with E-state index in [1.807, 2.05) is 6.92 Å². The lowest BCUT2D eigenvalue weighted by molar-refractivity contribution is 0.288. The number of unbranched alkanes of at least 4 members (excludes halogenated alkanes) is 7. The Bertz CT molecular complexity index is 1100. The molecular weight excluding hydrogens is 536 g/mol. The minimum atomic E-state index is -1.24. The number of fused-ring (bicyclic) bond motifs is 1. The summed E-state index contributed by atoms with van der Waals surface area (Å²) in [6.45, 7) is 2.08. The van der Waals surface area contributed by atoms with Crippen LogP contribution in [-0.4, -0.2) is 12.0 Å². The highest BCUT2D eigenvalue weighted by molar-refractivity contribution is 6.20. The predicted octanol–water partition coefficient (Wildman–Crippen LogP) is 11.1. The number of rotatable bonds is 17. The highest BCUT2D eigenvalue weighted by Crippen LogP contribution is 2.38. The van der Waals surface area contributed by atoms with Gasteiger partial charge in [-0.1, -0.05) is 90.4 Å². The van der Waals surface area contributed by atoms with E-state index in [1.54, 1.807) is 0 Å². The average molecular weight is 581 g/mol. The number of hydrogen-bond acceptors (Lipinski definition) is 1. The molecule has 222 valence electrons. The Morgan fingerprint density at radius 2 is 1.43 bits per heavy atom. The number of benzene rings is 2. The zero-order chi connectivity index (χ0) is 28.5. The molecule has 1 saturated carbocycles. The second kappa shape index (κ2) is 15.5. The summed E-state index contributed by atoms with van der Waals surface area (Å²) < 4.78 is 65.7. The minimum Gasteiger partial charge on any atom is -0.489 e. The van der Waals surface area contributed by atoms with E-state index in [9.17, 15) is 4.39 Å². The molecule has 2 aliphatic rings. The van der Waals surface area contributed by atoms with E-state index in [-0.39, 0.29) is 28.9 Å². The third kappa shape index (κ3) is 8.63. The van der Waals surface area contributed by atoms with Crippen LogP contribution in [0.25, 0.3) is 11.1 Å². The zero-order valence-corrected chi connectivity index (χ0v) is 24.7. The maximum Gasteiger partial charge on any atom is 0.201 e. The summed E-state index contributed by atoms with van der Waals surface area (Å²) >= 11 is 6.18. The standard InChI is InChI=1S/C34H45ClF4O/c1-2-3-13-26(35)22-40-30-19-18-27(31(36)34(30)39)29-21-25-17-16-24(20-28(25)32(37)33(29)38)12-10-8-6-4-5-7-9-11-23-14-15-23/h18-19,21,23-24,26H,2-17,20,22H2,1H3. The molecule has 0 heterocycles. The topological polar surface area (TPSA) is 9.23 Å². The molecule has 0 bridgehead atoms. The predicted molar refractivity (Wildman–Crippen MR) is 156 cm³/mol. The van der Waals surface area contributed by atoms with Crippen molar-refractivity contribution in [2.24, 2.45) is 11.8 Å². The van der Waals surface area contributed by atoms with E-state index in [2.05, 4.69) is 0 Å². The molecule has 0 spiro atoms. The summed E-state index contributed by atoms with van der Waals surface area (Å²) in [5.74, 6) is -3.41. The fourth-order valence-electron chi connectivity index (χ4n) is 6.05. The van der Waals surface area contributed by atoms with Crippen LogP contribution in [0, 0.1) is 35.1 Å². The number of ether oxygens (including phenoxy) is 1. The number of hydrogen-bond donors (Lipinski definition) is 0. The van der Waals surface area contributed by atoms with E-state index in [4.69, 9.17) is 16.3 Å². The van der Waals surface area contributed by atoms with Crippen LogP contribution < -0.4 is 4.74 Å². The maximum atomic E-state index is 15.2. The van der Waals surface area contributed by atoms with E-state index >= 15 is 13.2 Å². The summed E-state index contributed by atoms with van der Waals surface area (Å²) in [6.07, 6.45) is 18.9. The van der Waals surface area contributed by atoms with E-state index in [1.165, 1.54) is 76.0 Å². The van der Waals surface area contributed by atoms with Gasteiger partial charge in [-0.3, -0.25) is 0 Å². The summed E-state index contributed by atoms with van der Waals surface area (Å²) in [7, 11) is 0. The van der Waals surface area contributed by atoms with Crippen molar-refractivity contribution in [2.45, 2.75) is 121 Å². The van der Waals surface area contributed by atoms with Crippen molar-refractivity contribution in [2.75, 3.05) is 6.61 Å². The lowest BCUT2D eigenvalue weighted by atomic mass is 9.80. The first-order chi connectivity index (χ1) is 19.4.